The van der Waals surface area contributed by atoms with Gasteiger partial charge in [-0.25, -0.2) is 0 Å². The van der Waals surface area contributed by atoms with Crippen LogP contribution in [0.1, 0.15) is 32.1 Å². The number of likely N-dealkylation sites (tertiary alicyclic amines) is 2. The molecular weight excluding hydrogens is 232 g/mol. The molecule has 0 spiro atoms. The van der Waals surface area contributed by atoms with Gasteiger partial charge in [0.15, 0.2) is 0 Å². The van der Waals surface area contributed by atoms with E-state index in [0.717, 1.165) is 12.8 Å². The van der Waals surface area contributed by atoms with Gasteiger partial charge in [-0.2, -0.15) is 0 Å². The molecule has 2 aliphatic heterocycles. The predicted octanol–water partition coefficient (Wildman–Crippen LogP) is -0.0194. The first kappa shape index (κ1) is 12.0. The van der Waals surface area contributed by atoms with Gasteiger partial charge < -0.3 is 14.9 Å². The first-order valence-electron chi connectivity index (χ1n) is 6.91. The first-order valence-corrected chi connectivity index (χ1v) is 6.91. The summed E-state index contributed by atoms with van der Waals surface area (Å²) in [6.07, 6.45) is 4.58. The van der Waals surface area contributed by atoms with Gasteiger partial charge in [0.05, 0.1) is 12.0 Å². The van der Waals surface area contributed by atoms with Crippen molar-refractivity contribution in [3.63, 3.8) is 0 Å². The highest BCUT2D eigenvalue weighted by Crippen LogP contribution is 2.30. The fourth-order valence-electron chi connectivity index (χ4n) is 3.36. The number of hydrogen-bond donors (Lipinski definition) is 1. The van der Waals surface area contributed by atoms with E-state index in [1.807, 2.05) is 4.90 Å². The van der Waals surface area contributed by atoms with E-state index < -0.39 is 0 Å². The number of amides is 2. The van der Waals surface area contributed by atoms with Crippen LogP contribution in [0.5, 0.6) is 0 Å². The monoisotopic (exact) mass is 252 g/mol. The van der Waals surface area contributed by atoms with Crippen molar-refractivity contribution in [2.24, 2.45) is 5.92 Å². The predicted molar refractivity (Wildman–Crippen MR) is 64.7 cm³/mol. The fraction of sp³-hybridized carbons (Fsp3) is 0.846. The van der Waals surface area contributed by atoms with Gasteiger partial charge in [-0.1, -0.05) is 12.8 Å². The highest BCUT2D eigenvalue weighted by atomic mass is 16.3. The van der Waals surface area contributed by atoms with Crippen LogP contribution in [0.15, 0.2) is 0 Å². The van der Waals surface area contributed by atoms with Crippen LogP contribution in [0.3, 0.4) is 0 Å². The average molecular weight is 252 g/mol. The second-order valence-corrected chi connectivity index (χ2v) is 5.78. The van der Waals surface area contributed by atoms with Gasteiger partial charge in [0.1, 0.15) is 0 Å². The Morgan fingerprint density at radius 2 is 1.83 bits per heavy atom. The molecule has 100 valence electrons. The van der Waals surface area contributed by atoms with Crippen molar-refractivity contribution < 1.29 is 14.7 Å². The number of aliphatic hydroxyl groups is 1. The normalized spacial score (nSPS) is 30.1. The Hall–Kier alpha value is -1.10. The zero-order valence-corrected chi connectivity index (χ0v) is 10.5. The molecule has 0 aromatic carbocycles. The summed E-state index contributed by atoms with van der Waals surface area (Å²) in [5.41, 5.74) is 0. The van der Waals surface area contributed by atoms with Crippen molar-refractivity contribution >= 4 is 11.8 Å². The van der Waals surface area contributed by atoms with Crippen LogP contribution in [0.4, 0.5) is 0 Å². The Morgan fingerprint density at radius 1 is 1.17 bits per heavy atom. The Labute approximate surface area is 107 Å². The van der Waals surface area contributed by atoms with Crippen molar-refractivity contribution in [3.8, 4) is 0 Å². The molecule has 5 nitrogen and oxygen atoms in total. The van der Waals surface area contributed by atoms with E-state index in [9.17, 15) is 14.7 Å². The van der Waals surface area contributed by atoms with Crippen molar-refractivity contribution in [3.05, 3.63) is 0 Å². The maximum absolute atomic E-state index is 12.1. The third-order valence-electron chi connectivity index (χ3n) is 4.45. The molecule has 1 atom stereocenters. The van der Waals surface area contributed by atoms with E-state index in [2.05, 4.69) is 0 Å². The van der Waals surface area contributed by atoms with Crippen molar-refractivity contribution in [1.82, 2.24) is 9.80 Å². The molecule has 1 N–H and O–H groups in total. The van der Waals surface area contributed by atoms with E-state index >= 15 is 0 Å². The Kier molecular flexibility index (Phi) is 3.01. The summed E-state index contributed by atoms with van der Waals surface area (Å²) in [5.74, 6) is 0.0149. The molecule has 3 aliphatic rings. The number of carbonyl (C=O) groups is 2. The molecule has 1 unspecified atom stereocenters. The van der Waals surface area contributed by atoms with E-state index in [-0.39, 0.29) is 23.8 Å². The molecule has 2 amide bonds. The molecule has 3 rings (SSSR count). The highest BCUT2D eigenvalue weighted by molar-refractivity contribution is 5.89. The van der Waals surface area contributed by atoms with Gasteiger partial charge in [0.25, 0.3) is 0 Å². The topological polar surface area (TPSA) is 60.9 Å². The molecule has 1 saturated carbocycles. The Bertz CT molecular complexity index is 359. The van der Waals surface area contributed by atoms with Gasteiger partial charge in [-0.3, -0.25) is 9.59 Å². The van der Waals surface area contributed by atoms with Gasteiger partial charge in [-0.05, 0) is 12.8 Å². The summed E-state index contributed by atoms with van der Waals surface area (Å²) in [7, 11) is 0. The summed E-state index contributed by atoms with van der Waals surface area (Å²) >= 11 is 0. The lowest BCUT2D eigenvalue weighted by atomic mass is 10.0. The maximum atomic E-state index is 12.1. The molecule has 0 radical (unpaired) electrons. The minimum atomic E-state index is -0.364. The summed E-state index contributed by atoms with van der Waals surface area (Å²) in [4.78, 5) is 27.7. The lowest BCUT2D eigenvalue weighted by molar-refractivity contribution is -0.145. The zero-order valence-electron chi connectivity index (χ0n) is 10.5. The summed E-state index contributed by atoms with van der Waals surface area (Å²) in [6.45, 7) is 1.47. The molecule has 3 fully saturated rings. The van der Waals surface area contributed by atoms with Crippen LogP contribution in [-0.4, -0.2) is 58.5 Å². The average Bonchev–Trinajstić information content (AvgIpc) is 2.92. The molecule has 1 aliphatic carbocycles. The summed E-state index contributed by atoms with van der Waals surface area (Å²) in [5, 5.41) is 9.22. The van der Waals surface area contributed by atoms with Crippen LogP contribution in [-0.2, 0) is 9.59 Å². The smallest absolute Gasteiger partial charge is 0.228 e. The summed E-state index contributed by atoms with van der Waals surface area (Å²) < 4.78 is 0. The third kappa shape index (κ3) is 2.00. The van der Waals surface area contributed by atoms with Gasteiger partial charge in [0, 0.05) is 32.1 Å². The molecule has 0 aromatic rings. The number of hydrogen-bond acceptors (Lipinski definition) is 3. The molecular formula is C13H20N2O3. The minimum Gasteiger partial charge on any atom is -0.389 e. The minimum absolute atomic E-state index is 0.0501. The number of β-amino-alcohol motifs (C(OH)–C–C–N with tert-alkyl or cyclic N) is 1. The highest BCUT2D eigenvalue weighted by Gasteiger charge is 2.42. The maximum Gasteiger partial charge on any atom is 0.228 e. The van der Waals surface area contributed by atoms with Gasteiger partial charge >= 0.3 is 0 Å². The third-order valence-corrected chi connectivity index (χ3v) is 4.45. The van der Waals surface area contributed by atoms with E-state index in [4.69, 9.17) is 0 Å². The zero-order chi connectivity index (χ0) is 12.7. The fourth-order valence-corrected chi connectivity index (χ4v) is 3.36. The van der Waals surface area contributed by atoms with Crippen LogP contribution in [0.25, 0.3) is 0 Å². The second-order valence-electron chi connectivity index (χ2n) is 5.78. The van der Waals surface area contributed by atoms with Crippen molar-refractivity contribution in [1.29, 1.82) is 0 Å². The van der Waals surface area contributed by atoms with E-state index in [1.54, 1.807) is 4.90 Å². The lowest BCUT2D eigenvalue weighted by Crippen LogP contribution is -2.55. The second kappa shape index (κ2) is 4.53. The molecule has 2 heterocycles. The van der Waals surface area contributed by atoms with Crippen LogP contribution < -0.4 is 0 Å². The van der Waals surface area contributed by atoms with Crippen molar-refractivity contribution in [2.75, 3.05) is 19.6 Å². The molecule has 0 bridgehead atoms. The van der Waals surface area contributed by atoms with Crippen molar-refractivity contribution in [2.45, 2.75) is 44.2 Å². The Morgan fingerprint density at radius 3 is 2.44 bits per heavy atom. The van der Waals surface area contributed by atoms with E-state index in [0.29, 0.717) is 32.1 Å². The van der Waals surface area contributed by atoms with Crippen LogP contribution in [0.2, 0.25) is 0 Å². The molecule has 5 heteroatoms. The molecule has 0 aromatic heterocycles. The van der Waals surface area contributed by atoms with Gasteiger partial charge in [0.2, 0.25) is 11.8 Å². The largest absolute Gasteiger partial charge is 0.389 e. The van der Waals surface area contributed by atoms with E-state index in [1.165, 1.54) is 12.8 Å². The quantitative estimate of drug-likeness (QED) is 0.751. The van der Waals surface area contributed by atoms with Gasteiger partial charge in [-0.15, -0.1) is 0 Å². The summed E-state index contributed by atoms with van der Waals surface area (Å²) in [6, 6.07) is 0.372. The molecule has 2 saturated heterocycles. The number of aliphatic hydroxyl groups excluding tert-OH is 1. The number of carbonyl (C=O) groups excluding carboxylic acids is 2. The number of rotatable bonds is 2. The Balaban J connectivity index is 1.59. The lowest BCUT2D eigenvalue weighted by Gasteiger charge is -2.37. The van der Waals surface area contributed by atoms with Crippen LogP contribution in [0, 0.1) is 5.92 Å². The standard InChI is InChI=1S/C13H20N2O3/c16-11-7-14(8-11)13(18)9-5-12(17)15(6-9)10-3-1-2-4-10/h9-11,16H,1-8H2. The molecule has 18 heavy (non-hydrogen) atoms. The number of nitrogens with zero attached hydrogens (tertiary/aromatic N) is 2. The SMILES string of the molecule is O=C(C1CC(=O)N(C2CCCC2)C1)N1CC(O)C1. The van der Waals surface area contributed by atoms with Crippen LogP contribution >= 0.6 is 0 Å². The first-order chi connectivity index (χ1) is 8.65.